The van der Waals surface area contributed by atoms with E-state index < -0.39 is 6.04 Å². The average molecular weight is 407 g/mol. The number of carbonyl (C=O) groups excluding carboxylic acids is 2. The Morgan fingerprint density at radius 3 is 2.41 bits per heavy atom. The summed E-state index contributed by atoms with van der Waals surface area (Å²) in [5, 5.41) is 3.66. The number of amides is 2. The van der Waals surface area contributed by atoms with Gasteiger partial charge in [0.1, 0.15) is 6.04 Å². The first-order valence-electron chi connectivity index (χ1n) is 8.95. The van der Waals surface area contributed by atoms with Crippen LogP contribution in [0.5, 0.6) is 0 Å². The lowest BCUT2D eigenvalue weighted by Gasteiger charge is -2.30. The largest absolute Gasteiger partial charge is 0.357 e. The fourth-order valence-corrected chi connectivity index (χ4v) is 3.43. The molecular weight excluding hydrogens is 383 g/mol. The SMILES string of the molecule is CC[C@H](C(=O)NC)N(Cc1ccc(Cl)cc1Cl)C(=O)CCc1ccccc1. The van der Waals surface area contributed by atoms with Gasteiger partial charge in [0.2, 0.25) is 11.8 Å². The molecule has 4 nitrogen and oxygen atoms in total. The van der Waals surface area contributed by atoms with Gasteiger partial charge in [-0.1, -0.05) is 66.5 Å². The van der Waals surface area contributed by atoms with E-state index in [4.69, 9.17) is 23.2 Å². The summed E-state index contributed by atoms with van der Waals surface area (Å²) in [6, 6.07) is 14.4. The van der Waals surface area contributed by atoms with Crippen LogP contribution in [0.15, 0.2) is 48.5 Å². The zero-order valence-electron chi connectivity index (χ0n) is 15.5. The van der Waals surface area contributed by atoms with E-state index in [0.29, 0.717) is 29.3 Å². The van der Waals surface area contributed by atoms with Crippen LogP contribution in [-0.4, -0.2) is 29.8 Å². The first-order chi connectivity index (χ1) is 13.0. The van der Waals surface area contributed by atoms with Crippen molar-refractivity contribution in [1.29, 1.82) is 0 Å². The third-order valence-corrected chi connectivity index (χ3v) is 5.05. The second-order valence-electron chi connectivity index (χ2n) is 6.28. The summed E-state index contributed by atoms with van der Waals surface area (Å²) in [6.45, 7) is 2.15. The normalized spacial score (nSPS) is 11.7. The zero-order chi connectivity index (χ0) is 19.8. The van der Waals surface area contributed by atoms with Gasteiger partial charge in [0.05, 0.1) is 0 Å². The molecule has 0 spiro atoms. The van der Waals surface area contributed by atoms with E-state index >= 15 is 0 Å². The molecule has 0 fully saturated rings. The van der Waals surface area contributed by atoms with Crippen molar-refractivity contribution >= 4 is 35.0 Å². The fourth-order valence-electron chi connectivity index (χ4n) is 2.96. The molecule has 2 rings (SSSR count). The number of rotatable bonds is 8. The second-order valence-corrected chi connectivity index (χ2v) is 7.12. The fraction of sp³-hybridized carbons (Fsp3) is 0.333. The smallest absolute Gasteiger partial charge is 0.242 e. The highest BCUT2D eigenvalue weighted by Crippen LogP contribution is 2.24. The van der Waals surface area contributed by atoms with Crippen molar-refractivity contribution in [2.24, 2.45) is 0 Å². The Bertz CT molecular complexity index is 781. The number of halogens is 2. The quantitative estimate of drug-likeness (QED) is 0.702. The molecular formula is C21H24Cl2N2O2. The van der Waals surface area contributed by atoms with Gasteiger partial charge in [-0.2, -0.15) is 0 Å². The monoisotopic (exact) mass is 406 g/mol. The highest BCUT2D eigenvalue weighted by molar-refractivity contribution is 6.35. The number of hydrogen-bond donors (Lipinski definition) is 1. The molecule has 1 atom stereocenters. The first kappa shape index (κ1) is 21.3. The number of hydrogen-bond acceptors (Lipinski definition) is 2. The van der Waals surface area contributed by atoms with Crippen LogP contribution >= 0.6 is 23.2 Å². The van der Waals surface area contributed by atoms with Gasteiger partial charge in [-0.15, -0.1) is 0 Å². The minimum Gasteiger partial charge on any atom is -0.357 e. The maximum atomic E-state index is 13.0. The van der Waals surface area contributed by atoms with Crippen molar-refractivity contribution in [2.75, 3.05) is 7.05 Å². The molecule has 0 aliphatic heterocycles. The molecule has 0 saturated heterocycles. The highest BCUT2D eigenvalue weighted by atomic mass is 35.5. The third-order valence-electron chi connectivity index (χ3n) is 4.46. The number of nitrogens with one attached hydrogen (secondary N) is 1. The van der Waals surface area contributed by atoms with Gasteiger partial charge in [-0.3, -0.25) is 9.59 Å². The van der Waals surface area contributed by atoms with Gasteiger partial charge in [0.15, 0.2) is 0 Å². The summed E-state index contributed by atoms with van der Waals surface area (Å²) in [6.07, 6.45) is 1.46. The van der Waals surface area contributed by atoms with Gasteiger partial charge >= 0.3 is 0 Å². The molecule has 0 saturated carbocycles. The van der Waals surface area contributed by atoms with E-state index in [9.17, 15) is 9.59 Å². The van der Waals surface area contributed by atoms with Gasteiger partial charge in [0.25, 0.3) is 0 Å². The number of aryl methyl sites for hydroxylation is 1. The number of carbonyl (C=O) groups is 2. The van der Waals surface area contributed by atoms with Gasteiger partial charge in [-0.25, -0.2) is 0 Å². The van der Waals surface area contributed by atoms with Crippen LogP contribution in [0.25, 0.3) is 0 Å². The minimum atomic E-state index is -0.551. The van der Waals surface area contributed by atoms with Gasteiger partial charge in [0, 0.05) is 30.1 Å². The molecule has 0 aliphatic rings. The van der Waals surface area contributed by atoms with Crippen LogP contribution in [0.4, 0.5) is 0 Å². The van der Waals surface area contributed by atoms with Crippen molar-refractivity contribution in [2.45, 2.75) is 38.8 Å². The van der Waals surface area contributed by atoms with E-state index in [0.717, 1.165) is 11.1 Å². The van der Waals surface area contributed by atoms with Crippen LogP contribution in [0.3, 0.4) is 0 Å². The molecule has 27 heavy (non-hydrogen) atoms. The van der Waals surface area contributed by atoms with Crippen molar-refractivity contribution in [3.63, 3.8) is 0 Å². The summed E-state index contributed by atoms with van der Waals surface area (Å²) in [4.78, 5) is 26.9. The topological polar surface area (TPSA) is 49.4 Å². The number of likely N-dealkylation sites (N-methyl/N-ethyl adjacent to an activating group) is 1. The average Bonchev–Trinajstić information content (AvgIpc) is 2.68. The molecule has 2 aromatic rings. The third kappa shape index (κ3) is 5.98. The molecule has 6 heteroatoms. The Kier molecular flexibility index (Phi) is 8.14. The lowest BCUT2D eigenvalue weighted by atomic mass is 10.1. The van der Waals surface area contributed by atoms with Crippen LogP contribution in [-0.2, 0) is 22.6 Å². The molecule has 0 radical (unpaired) electrons. The Balaban J connectivity index is 2.22. The van der Waals surface area contributed by atoms with Crippen molar-refractivity contribution < 1.29 is 9.59 Å². The summed E-state index contributed by atoms with van der Waals surface area (Å²) in [5.41, 5.74) is 1.85. The lowest BCUT2D eigenvalue weighted by Crippen LogP contribution is -2.48. The van der Waals surface area contributed by atoms with E-state index in [1.165, 1.54) is 0 Å². The molecule has 2 aromatic carbocycles. The molecule has 0 aliphatic carbocycles. The Morgan fingerprint density at radius 2 is 1.81 bits per heavy atom. The maximum Gasteiger partial charge on any atom is 0.242 e. The van der Waals surface area contributed by atoms with Gasteiger partial charge < -0.3 is 10.2 Å². The standard InChI is InChI=1S/C21H24Cl2N2O2/c1-3-19(21(27)24-2)25(14-16-10-11-17(22)13-18(16)23)20(26)12-9-15-7-5-4-6-8-15/h4-8,10-11,13,19H,3,9,12,14H2,1-2H3,(H,24,27)/t19-/m1/s1. The maximum absolute atomic E-state index is 13.0. The van der Waals surface area contributed by atoms with Crippen LogP contribution in [0, 0.1) is 0 Å². The second kappa shape index (κ2) is 10.3. The predicted molar refractivity (Wildman–Crippen MR) is 110 cm³/mol. The van der Waals surface area contributed by atoms with E-state index in [-0.39, 0.29) is 18.4 Å². The van der Waals surface area contributed by atoms with Crippen molar-refractivity contribution in [1.82, 2.24) is 10.2 Å². The van der Waals surface area contributed by atoms with Crippen LogP contribution < -0.4 is 5.32 Å². The van der Waals surface area contributed by atoms with Crippen molar-refractivity contribution in [3.05, 3.63) is 69.7 Å². The molecule has 0 bridgehead atoms. The Labute approximate surface area is 170 Å². The highest BCUT2D eigenvalue weighted by Gasteiger charge is 2.28. The zero-order valence-corrected chi connectivity index (χ0v) is 17.1. The van der Waals surface area contributed by atoms with Crippen molar-refractivity contribution in [3.8, 4) is 0 Å². The first-order valence-corrected chi connectivity index (χ1v) is 9.70. The molecule has 1 N–H and O–H groups in total. The Morgan fingerprint density at radius 1 is 1.11 bits per heavy atom. The lowest BCUT2D eigenvalue weighted by molar-refractivity contribution is -0.141. The number of nitrogens with zero attached hydrogens (tertiary/aromatic N) is 1. The van der Waals surface area contributed by atoms with Gasteiger partial charge in [-0.05, 0) is 36.1 Å². The number of benzene rings is 2. The molecule has 0 unspecified atom stereocenters. The molecule has 0 aromatic heterocycles. The predicted octanol–water partition coefficient (Wildman–Crippen LogP) is 4.48. The van der Waals surface area contributed by atoms with Crippen LogP contribution in [0.1, 0.15) is 30.9 Å². The summed E-state index contributed by atoms with van der Waals surface area (Å²) < 4.78 is 0. The van der Waals surface area contributed by atoms with E-state index in [1.54, 1.807) is 30.1 Å². The summed E-state index contributed by atoms with van der Waals surface area (Å²) >= 11 is 12.3. The summed E-state index contributed by atoms with van der Waals surface area (Å²) in [7, 11) is 1.58. The minimum absolute atomic E-state index is 0.0830. The van der Waals surface area contributed by atoms with Crippen LogP contribution in [0.2, 0.25) is 10.0 Å². The Hall–Kier alpha value is -2.04. The molecule has 2 amide bonds. The van der Waals surface area contributed by atoms with E-state index in [2.05, 4.69) is 5.32 Å². The molecule has 0 heterocycles. The summed E-state index contributed by atoms with van der Waals surface area (Å²) in [5.74, 6) is -0.268. The van der Waals surface area contributed by atoms with E-state index in [1.807, 2.05) is 37.3 Å². The molecule has 144 valence electrons.